The molecule has 1 heterocycles. The molecule has 3 amide bonds. The Kier molecular flexibility index (Phi) is 7.39. The van der Waals surface area contributed by atoms with Crippen molar-refractivity contribution >= 4 is 46.0 Å². The monoisotopic (exact) mass is 379 g/mol. The minimum Gasteiger partial charge on any atom is -0.297 e. The van der Waals surface area contributed by atoms with Crippen LogP contribution >= 0.6 is 24.0 Å². The fraction of sp³-hybridized carbons (Fsp3) is 0.412. The van der Waals surface area contributed by atoms with Crippen molar-refractivity contribution in [3.05, 3.63) is 35.4 Å². The van der Waals surface area contributed by atoms with Gasteiger partial charge in [-0.1, -0.05) is 43.0 Å². The maximum absolute atomic E-state index is 11.9. The lowest BCUT2D eigenvalue weighted by Crippen LogP contribution is -2.41. The van der Waals surface area contributed by atoms with Crippen molar-refractivity contribution in [3.63, 3.8) is 0 Å². The van der Waals surface area contributed by atoms with Gasteiger partial charge in [-0.3, -0.25) is 30.1 Å². The maximum Gasteiger partial charge on any atom is 0.269 e. The topological polar surface area (TPSA) is 78.5 Å². The van der Waals surface area contributed by atoms with Crippen LogP contribution in [0.25, 0.3) is 0 Å². The Hall–Kier alpha value is -1.93. The number of hydrazine groups is 1. The van der Waals surface area contributed by atoms with E-state index in [0.29, 0.717) is 35.0 Å². The van der Waals surface area contributed by atoms with E-state index in [4.69, 9.17) is 12.2 Å². The molecule has 0 radical (unpaired) electrons. The number of benzene rings is 1. The number of thioether (sulfide) groups is 1. The average molecular weight is 380 g/mol. The van der Waals surface area contributed by atoms with Gasteiger partial charge >= 0.3 is 0 Å². The third-order valence-corrected chi connectivity index (χ3v) is 5.25. The van der Waals surface area contributed by atoms with Crippen LogP contribution in [0.4, 0.5) is 0 Å². The van der Waals surface area contributed by atoms with Crippen LogP contribution in [0.1, 0.15) is 42.1 Å². The van der Waals surface area contributed by atoms with Crippen molar-refractivity contribution in [1.29, 1.82) is 0 Å². The molecular weight excluding hydrogens is 358 g/mol. The minimum atomic E-state index is -0.346. The van der Waals surface area contributed by atoms with Gasteiger partial charge < -0.3 is 0 Å². The minimum absolute atomic E-state index is 0.0285. The number of carbonyl (C=O) groups excluding carboxylic acids is 3. The molecule has 0 atom stereocenters. The highest BCUT2D eigenvalue weighted by Gasteiger charge is 2.25. The van der Waals surface area contributed by atoms with E-state index >= 15 is 0 Å². The van der Waals surface area contributed by atoms with Gasteiger partial charge in [0.1, 0.15) is 4.32 Å². The Labute approximate surface area is 156 Å². The summed E-state index contributed by atoms with van der Waals surface area (Å²) in [6.07, 6.45) is 2.48. The van der Waals surface area contributed by atoms with Crippen LogP contribution in [0.15, 0.2) is 24.3 Å². The van der Waals surface area contributed by atoms with Gasteiger partial charge in [0.05, 0.1) is 5.75 Å². The van der Waals surface area contributed by atoms with E-state index < -0.39 is 0 Å². The van der Waals surface area contributed by atoms with E-state index in [0.717, 1.165) is 12.0 Å². The van der Waals surface area contributed by atoms with E-state index in [1.165, 1.54) is 11.8 Å². The van der Waals surface area contributed by atoms with Crippen molar-refractivity contribution in [2.45, 2.75) is 32.6 Å². The van der Waals surface area contributed by atoms with E-state index in [1.54, 1.807) is 17.0 Å². The molecule has 2 rings (SSSR count). The lowest BCUT2D eigenvalue weighted by Gasteiger charge is -2.14. The number of aryl methyl sites for hydroxylation is 1. The number of amides is 3. The van der Waals surface area contributed by atoms with Gasteiger partial charge in [0.2, 0.25) is 11.8 Å². The Morgan fingerprint density at radius 3 is 2.52 bits per heavy atom. The molecule has 1 aromatic carbocycles. The summed E-state index contributed by atoms with van der Waals surface area (Å²) in [5.41, 5.74) is 6.46. The second-order valence-corrected chi connectivity index (χ2v) is 7.22. The Balaban J connectivity index is 1.64. The van der Waals surface area contributed by atoms with E-state index in [-0.39, 0.29) is 24.1 Å². The summed E-state index contributed by atoms with van der Waals surface area (Å²) in [6, 6.07) is 7.24. The molecule has 0 aliphatic carbocycles. The highest BCUT2D eigenvalue weighted by Crippen LogP contribution is 2.19. The van der Waals surface area contributed by atoms with Crippen molar-refractivity contribution in [3.8, 4) is 0 Å². The maximum atomic E-state index is 11.9. The molecule has 0 saturated carbocycles. The lowest BCUT2D eigenvalue weighted by atomic mass is 10.1. The van der Waals surface area contributed by atoms with Gasteiger partial charge in [0.15, 0.2) is 0 Å². The van der Waals surface area contributed by atoms with Crippen LogP contribution in [-0.2, 0) is 16.0 Å². The van der Waals surface area contributed by atoms with Crippen LogP contribution < -0.4 is 10.9 Å². The molecule has 0 bridgehead atoms. The van der Waals surface area contributed by atoms with Gasteiger partial charge in [0.25, 0.3) is 5.91 Å². The third-order valence-electron chi connectivity index (χ3n) is 3.82. The van der Waals surface area contributed by atoms with Crippen LogP contribution in [0.5, 0.6) is 0 Å². The van der Waals surface area contributed by atoms with Crippen LogP contribution in [-0.4, -0.2) is 39.2 Å². The molecule has 8 heteroatoms. The smallest absolute Gasteiger partial charge is 0.269 e. The predicted octanol–water partition coefficient (Wildman–Crippen LogP) is 2.04. The van der Waals surface area contributed by atoms with Crippen LogP contribution in [0.3, 0.4) is 0 Å². The molecule has 1 fully saturated rings. The third kappa shape index (κ3) is 5.82. The number of nitrogens with zero attached hydrogens (tertiary/aromatic N) is 1. The second kappa shape index (κ2) is 9.53. The molecule has 2 N–H and O–H groups in total. The molecule has 0 aromatic heterocycles. The van der Waals surface area contributed by atoms with Crippen LogP contribution in [0, 0.1) is 0 Å². The number of hydrogen-bond donors (Lipinski definition) is 2. The molecule has 1 aliphatic rings. The van der Waals surface area contributed by atoms with Crippen molar-refractivity contribution in [2.24, 2.45) is 0 Å². The SMILES string of the molecule is CCc1ccc(C(=O)NNC(=O)CCCCN2C(=O)CSC2=S)cc1. The number of rotatable bonds is 7. The Morgan fingerprint density at radius 1 is 1.20 bits per heavy atom. The summed E-state index contributed by atoms with van der Waals surface area (Å²) in [6.45, 7) is 2.58. The molecule has 0 spiro atoms. The average Bonchev–Trinajstić information content (AvgIpc) is 2.95. The molecule has 1 aromatic rings. The first-order valence-electron chi connectivity index (χ1n) is 8.16. The lowest BCUT2D eigenvalue weighted by molar-refractivity contribution is -0.124. The van der Waals surface area contributed by atoms with Gasteiger partial charge in [-0.25, -0.2) is 0 Å². The number of thiocarbonyl (C=S) groups is 1. The highest BCUT2D eigenvalue weighted by molar-refractivity contribution is 8.23. The summed E-state index contributed by atoms with van der Waals surface area (Å²) >= 11 is 6.46. The number of hydrogen-bond acceptors (Lipinski definition) is 5. The Bertz CT molecular complexity index is 646. The first-order chi connectivity index (χ1) is 12.0. The molecule has 0 unspecified atom stereocenters. The zero-order valence-electron chi connectivity index (χ0n) is 14.0. The standard InChI is InChI=1S/C17H21N3O3S2/c1-2-12-6-8-13(9-7-12)16(23)19-18-14(21)5-3-4-10-20-15(22)11-25-17(20)24/h6-9H,2-5,10-11H2,1H3,(H,18,21)(H,19,23). The zero-order chi connectivity index (χ0) is 18.2. The summed E-state index contributed by atoms with van der Waals surface area (Å²) in [4.78, 5) is 36.8. The summed E-state index contributed by atoms with van der Waals surface area (Å²) < 4.78 is 0.607. The van der Waals surface area contributed by atoms with E-state index in [2.05, 4.69) is 10.9 Å². The highest BCUT2D eigenvalue weighted by atomic mass is 32.2. The Morgan fingerprint density at radius 2 is 1.92 bits per heavy atom. The fourth-order valence-electron chi connectivity index (χ4n) is 2.31. The number of unbranched alkanes of at least 4 members (excludes halogenated alkanes) is 1. The molecule has 6 nitrogen and oxygen atoms in total. The number of nitrogens with one attached hydrogen (secondary N) is 2. The predicted molar refractivity (Wildman–Crippen MR) is 102 cm³/mol. The normalized spacial score (nSPS) is 13.9. The van der Waals surface area contributed by atoms with Crippen molar-refractivity contribution in [1.82, 2.24) is 15.8 Å². The summed E-state index contributed by atoms with van der Waals surface area (Å²) in [5.74, 6) is -0.171. The molecule has 1 aliphatic heterocycles. The first-order valence-corrected chi connectivity index (χ1v) is 9.56. The molecular formula is C17H21N3O3S2. The zero-order valence-corrected chi connectivity index (χ0v) is 15.7. The second-order valence-electron chi connectivity index (χ2n) is 5.61. The quantitative estimate of drug-likeness (QED) is 0.431. The first kappa shape index (κ1) is 19.4. The molecule has 25 heavy (non-hydrogen) atoms. The van der Waals surface area contributed by atoms with Crippen molar-refractivity contribution < 1.29 is 14.4 Å². The van der Waals surface area contributed by atoms with E-state index in [9.17, 15) is 14.4 Å². The molecule has 134 valence electrons. The van der Waals surface area contributed by atoms with Crippen LogP contribution in [0.2, 0.25) is 0 Å². The van der Waals surface area contributed by atoms with Crippen molar-refractivity contribution in [2.75, 3.05) is 12.3 Å². The summed E-state index contributed by atoms with van der Waals surface area (Å²) in [5, 5.41) is 0. The van der Waals surface area contributed by atoms with Gasteiger partial charge in [-0.05, 0) is 37.0 Å². The molecule has 1 saturated heterocycles. The fourth-order valence-corrected chi connectivity index (χ4v) is 3.43. The summed E-state index contributed by atoms with van der Waals surface area (Å²) in [7, 11) is 0. The van der Waals surface area contributed by atoms with E-state index in [1.807, 2.05) is 19.1 Å². The largest absolute Gasteiger partial charge is 0.297 e. The van der Waals surface area contributed by atoms with Gasteiger partial charge in [-0.15, -0.1) is 0 Å². The van der Waals surface area contributed by atoms with Gasteiger partial charge in [0, 0.05) is 18.5 Å². The number of carbonyl (C=O) groups is 3. The van der Waals surface area contributed by atoms with Gasteiger partial charge in [-0.2, -0.15) is 0 Å².